The van der Waals surface area contributed by atoms with Crippen molar-refractivity contribution in [3.05, 3.63) is 82.9 Å². The molecule has 3 rings (SSSR count). The van der Waals surface area contributed by atoms with Crippen molar-refractivity contribution in [1.29, 1.82) is 0 Å². The van der Waals surface area contributed by atoms with Crippen molar-refractivity contribution in [2.45, 2.75) is 234 Å². The van der Waals surface area contributed by atoms with Gasteiger partial charge < -0.3 is 10.2 Å². The molecule has 0 atom stereocenters. The molecule has 0 aliphatic heterocycles. The maximum atomic E-state index is 11.3. The van der Waals surface area contributed by atoms with E-state index in [9.17, 15) is 10.2 Å². The molecule has 0 fully saturated rings. The monoisotopic (exact) mass is 879 g/mol. The summed E-state index contributed by atoms with van der Waals surface area (Å²) in [5, 5.41) is 22.4. The Hall–Kier alpha value is -2.91. The first-order valence-electron chi connectivity index (χ1n) is 25.2. The Morgan fingerprint density at radius 2 is 0.770 bits per heavy atom. The van der Waals surface area contributed by atoms with Crippen LogP contribution in [0.25, 0.3) is 0 Å². The summed E-state index contributed by atoms with van der Waals surface area (Å²) in [5.74, 6) is -0.669. The third-order valence-corrected chi connectivity index (χ3v) is 11.9. The van der Waals surface area contributed by atoms with Gasteiger partial charge in [-0.05, 0) is 93.7 Å². The fraction of sp³-hybridized carbons (Fsp3) is 0.643. The quantitative estimate of drug-likeness (QED) is 0.0347. The van der Waals surface area contributed by atoms with E-state index in [1.165, 1.54) is 184 Å². The van der Waals surface area contributed by atoms with E-state index in [-0.39, 0.29) is 28.0 Å². The minimum atomic E-state index is -0.346. The van der Waals surface area contributed by atoms with Gasteiger partial charge in [-0.3, -0.25) is 9.98 Å². The number of nitrogens with zero attached hydrogens (tertiary/aromatic N) is 2. The summed E-state index contributed by atoms with van der Waals surface area (Å²) in [4.78, 5) is 10.4. The number of hydrogen-bond acceptors (Lipinski definition) is 4. The summed E-state index contributed by atoms with van der Waals surface area (Å²) in [6.45, 7) is 12.8. The average molecular weight is 880 g/mol. The molecular formula is C56H88N2NiO2. The van der Waals surface area contributed by atoms with Crippen LogP contribution in [-0.2, 0) is 35.8 Å². The van der Waals surface area contributed by atoms with Gasteiger partial charge in [-0.1, -0.05) is 223 Å². The van der Waals surface area contributed by atoms with Crippen molar-refractivity contribution in [3.63, 3.8) is 0 Å². The molecule has 3 aromatic carbocycles. The van der Waals surface area contributed by atoms with Crippen LogP contribution >= 0.6 is 0 Å². The van der Waals surface area contributed by atoms with Gasteiger partial charge in [0.2, 0.25) is 0 Å². The Kier molecular flexibility index (Phi) is 34.6. The summed E-state index contributed by atoms with van der Waals surface area (Å²) in [7, 11) is 0. The van der Waals surface area contributed by atoms with Crippen LogP contribution in [0.5, 0.6) is 11.5 Å². The first kappa shape index (κ1) is 56.1. The van der Waals surface area contributed by atoms with Gasteiger partial charge in [-0.25, -0.2) is 0 Å². The average Bonchev–Trinajstić information content (AvgIpc) is 3.26. The van der Waals surface area contributed by atoms with Crippen LogP contribution in [0.3, 0.4) is 0 Å². The van der Waals surface area contributed by atoms with Gasteiger partial charge in [-0.2, -0.15) is 0 Å². The van der Waals surface area contributed by atoms with E-state index in [4.69, 9.17) is 9.98 Å². The molecule has 0 unspecified atom stereocenters. The smallest absolute Gasteiger partial charge is 0.873 e. The van der Waals surface area contributed by atoms with Crippen LogP contribution in [0.1, 0.15) is 230 Å². The van der Waals surface area contributed by atoms with Crippen molar-refractivity contribution in [3.8, 4) is 11.5 Å². The van der Waals surface area contributed by atoms with E-state index in [2.05, 4.69) is 76.2 Å². The zero-order valence-electron chi connectivity index (χ0n) is 40.0. The number of rotatable bonds is 33. The molecule has 0 amide bonds. The van der Waals surface area contributed by atoms with Crippen molar-refractivity contribution in [1.82, 2.24) is 0 Å². The second kappa shape index (κ2) is 37.6. The number of aliphatic imine (C=N–C) groups is 2. The predicted octanol–water partition coefficient (Wildman–Crippen LogP) is 16.9. The second-order valence-corrected chi connectivity index (χ2v) is 17.4. The van der Waals surface area contributed by atoms with Crippen LogP contribution in [0, 0.1) is 6.92 Å². The molecule has 0 saturated carbocycles. The fourth-order valence-corrected chi connectivity index (χ4v) is 7.92. The number of benzene rings is 3. The standard InChI is InChI=1S/C46H76N2.C10H14O2.Ni/c1-5-9-12-15-18-20-22-24-27-30-41-33-37-43(38-34-41)47-45(8-4)46(32-29-26-17-14-11-7-3)48-44-39-35-42(36-40-44)31-28-25-23-21-19-16-13-10-6-2;1-3-4-8-6-5-7(2)9(11)10(8)12;/h33-40H,5-32H2,1-4H3;5-6,11-12H,3-4H2,1-2H3;/q;;+2/p-2. The summed E-state index contributed by atoms with van der Waals surface area (Å²) in [6.07, 6.45) is 38.6. The Labute approximate surface area is 386 Å². The van der Waals surface area contributed by atoms with Gasteiger partial charge in [0, 0.05) is 0 Å². The predicted molar refractivity (Wildman–Crippen MR) is 261 cm³/mol. The van der Waals surface area contributed by atoms with E-state index in [0.29, 0.717) is 17.5 Å². The molecule has 344 valence electrons. The molecule has 5 heteroatoms. The number of unbranched alkanes of at least 4 members (excludes halogenated alkanes) is 21. The van der Waals surface area contributed by atoms with E-state index < -0.39 is 0 Å². The largest absolute Gasteiger partial charge is 2.00 e. The topological polar surface area (TPSA) is 70.8 Å². The molecule has 0 saturated heterocycles. The van der Waals surface area contributed by atoms with Crippen molar-refractivity contribution in [2.75, 3.05) is 0 Å². The molecule has 0 aliphatic carbocycles. The van der Waals surface area contributed by atoms with E-state index in [0.717, 1.165) is 36.3 Å². The molecule has 0 aliphatic rings. The first-order chi connectivity index (χ1) is 29.4. The summed E-state index contributed by atoms with van der Waals surface area (Å²) in [6, 6.07) is 21.6. The molecule has 61 heavy (non-hydrogen) atoms. The summed E-state index contributed by atoms with van der Waals surface area (Å²) >= 11 is 0. The summed E-state index contributed by atoms with van der Waals surface area (Å²) < 4.78 is 0. The van der Waals surface area contributed by atoms with Gasteiger partial charge >= 0.3 is 16.5 Å². The molecule has 4 nitrogen and oxygen atoms in total. The van der Waals surface area contributed by atoms with Crippen LogP contribution in [0.4, 0.5) is 11.4 Å². The van der Waals surface area contributed by atoms with Gasteiger partial charge in [0.15, 0.2) is 0 Å². The van der Waals surface area contributed by atoms with Crippen molar-refractivity contribution >= 4 is 22.8 Å². The minimum Gasteiger partial charge on any atom is -0.873 e. The molecule has 0 N–H and O–H groups in total. The molecule has 0 heterocycles. The van der Waals surface area contributed by atoms with Crippen molar-refractivity contribution in [2.24, 2.45) is 9.98 Å². The van der Waals surface area contributed by atoms with Gasteiger partial charge in [0.25, 0.3) is 0 Å². The number of hydrogen-bond donors (Lipinski definition) is 0. The van der Waals surface area contributed by atoms with Gasteiger partial charge in [0.05, 0.1) is 22.8 Å². The fourth-order valence-electron chi connectivity index (χ4n) is 7.92. The minimum absolute atomic E-state index is 0. The molecule has 0 bridgehead atoms. The van der Waals surface area contributed by atoms with E-state index >= 15 is 0 Å². The third-order valence-electron chi connectivity index (χ3n) is 11.9. The zero-order chi connectivity index (χ0) is 43.5. The molecule has 0 radical (unpaired) electrons. The van der Waals surface area contributed by atoms with Crippen LogP contribution in [-0.4, -0.2) is 11.4 Å². The Balaban J connectivity index is 0.00000122. The van der Waals surface area contributed by atoms with E-state index in [1.54, 1.807) is 19.1 Å². The summed E-state index contributed by atoms with van der Waals surface area (Å²) in [5.41, 5.74) is 8.54. The maximum Gasteiger partial charge on any atom is 2.00 e. The second-order valence-electron chi connectivity index (χ2n) is 17.4. The Morgan fingerprint density at radius 1 is 0.393 bits per heavy atom. The molecular weight excluding hydrogens is 791 g/mol. The van der Waals surface area contributed by atoms with E-state index in [1.807, 2.05) is 6.92 Å². The number of aryl methyl sites for hydroxylation is 4. The first-order valence-corrected chi connectivity index (χ1v) is 25.2. The molecule has 0 aromatic heterocycles. The SMILES string of the molecule is CCCCCCCCCCCc1ccc(N=C(CC)C(CCCCCCCC)=Nc2ccc(CCCCCCCCCCC)cc2)cc1.CCCc1ccc(C)c([O-])c1[O-].[Ni+2]. The van der Waals surface area contributed by atoms with Crippen LogP contribution in [0.15, 0.2) is 70.6 Å². The van der Waals surface area contributed by atoms with Crippen LogP contribution in [0.2, 0.25) is 0 Å². The Morgan fingerprint density at radius 3 is 1.16 bits per heavy atom. The Bertz CT molecular complexity index is 1550. The molecule has 3 aromatic rings. The third kappa shape index (κ3) is 26.4. The molecule has 0 spiro atoms. The normalized spacial score (nSPS) is 11.6. The van der Waals surface area contributed by atoms with Crippen LogP contribution < -0.4 is 10.2 Å². The maximum absolute atomic E-state index is 11.3. The van der Waals surface area contributed by atoms with Crippen molar-refractivity contribution < 1.29 is 26.7 Å². The van der Waals surface area contributed by atoms with Gasteiger partial charge in [0.1, 0.15) is 0 Å². The van der Waals surface area contributed by atoms with Gasteiger partial charge in [-0.15, -0.1) is 11.5 Å². The zero-order valence-corrected chi connectivity index (χ0v) is 41.0.